The Morgan fingerprint density at radius 1 is 0.630 bits per heavy atom. The predicted octanol–water partition coefficient (Wildman–Crippen LogP) is 4.73. The molecule has 0 spiro atoms. The lowest BCUT2D eigenvalue weighted by Gasteiger charge is -2.26. The molecule has 0 N–H and O–H groups in total. The van der Waals surface area contributed by atoms with Gasteiger partial charge in [0.15, 0.2) is 0 Å². The number of rotatable bonds is 11. The van der Waals surface area contributed by atoms with Crippen molar-refractivity contribution in [1.29, 1.82) is 0 Å². The third kappa shape index (κ3) is 5.07. The first-order valence-corrected chi connectivity index (χ1v) is 10.9. The molecule has 27 heavy (non-hydrogen) atoms. The zero-order valence-electron chi connectivity index (χ0n) is 17.1. The minimum Gasteiger partial charge on any atom is -0.496 e. The molecule has 0 aliphatic rings. The lowest BCUT2D eigenvalue weighted by molar-refractivity contribution is 0.399. The summed E-state index contributed by atoms with van der Waals surface area (Å²) in [5.74, 6) is 3.40. The van der Waals surface area contributed by atoms with Gasteiger partial charge in [0.25, 0.3) is 0 Å². The number of benzene rings is 2. The molecule has 5 heteroatoms. The number of hydrogen-bond acceptors (Lipinski definition) is 4. The second kappa shape index (κ2) is 11.0. The van der Waals surface area contributed by atoms with E-state index in [0.717, 1.165) is 46.2 Å². The molecule has 0 heterocycles. The van der Waals surface area contributed by atoms with Gasteiger partial charge in [0.2, 0.25) is 0 Å². The number of hydrogen-bond donors (Lipinski definition) is 0. The van der Waals surface area contributed by atoms with Crippen LogP contribution in [0.15, 0.2) is 36.4 Å². The van der Waals surface area contributed by atoms with E-state index < -0.39 is 7.92 Å². The monoisotopic (exact) mass is 390 g/mol. The summed E-state index contributed by atoms with van der Waals surface area (Å²) in [6, 6.07) is 11.9. The normalized spacial score (nSPS) is 10.7. The van der Waals surface area contributed by atoms with Gasteiger partial charge >= 0.3 is 0 Å². The molecule has 4 nitrogen and oxygen atoms in total. The van der Waals surface area contributed by atoms with Crippen LogP contribution in [0.4, 0.5) is 0 Å². The van der Waals surface area contributed by atoms with E-state index in [2.05, 4.69) is 6.92 Å². The van der Waals surface area contributed by atoms with Gasteiger partial charge in [-0.2, -0.15) is 0 Å². The highest BCUT2D eigenvalue weighted by Gasteiger charge is 2.27. The topological polar surface area (TPSA) is 36.9 Å². The van der Waals surface area contributed by atoms with Crippen LogP contribution in [-0.2, 0) is 0 Å². The molecule has 0 amide bonds. The Morgan fingerprint density at radius 2 is 1.04 bits per heavy atom. The maximum atomic E-state index is 5.72. The molecular weight excluding hydrogens is 359 g/mol. The molecular formula is C22H31O4P. The molecule has 0 radical (unpaired) electrons. The van der Waals surface area contributed by atoms with Crippen LogP contribution >= 0.6 is 7.92 Å². The van der Waals surface area contributed by atoms with Crippen molar-refractivity contribution in [3.05, 3.63) is 36.4 Å². The van der Waals surface area contributed by atoms with E-state index in [1.165, 1.54) is 19.3 Å². The standard InChI is InChI=1S/C22H31O4P/c1-6-7-8-9-16-27(21-17(23-2)12-10-13-18(21)24-3)22-19(25-4)14-11-15-20(22)26-5/h10-15H,6-9,16H2,1-5H3. The number of unbranched alkanes of at least 4 members (excludes halogenated alkanes) is 3. The fourth-order valence-corrected chi connectivity index (χ4v) is 6.17. The van der Waals surface area contributed by atoms with Gasteiger partial charge in [-0.1, -0.05) is 38.3 Å². The Balaban J connectivity index is 2.61. The Morgan fingerprint density at radius 3 is 1.37 bits per heavy atom. The van der Waals surface area contributed by atoms with Crippen molar-refractivity contribution in [3.8, 4) is 23.0 Å². The van der Waals surface area contributed by atoms with Gasteiger partial charge in [0, 0.05) is 0 Å². The van der Waals surface area contributed by atoms with E-state index in [0.29, 0.717) is 0 Å². The lowest BCUT2D eigenvalue weighted by Crippen LogP contribution is -2.21. The van der Waals surface area contributed by atoms with E-state index in [9.17, 15) is 0 Å². The average Bonchev–Trinajstić information content (AvgIpc) is 2.73. The first-order chi connectivity index (χ1) is 13.2. The molecule has 2 aromatic rings. The molecule has 0 aliphatic carbocycles. The molecule has 0 saturated heterocycles. The third-order valence-electron chi connectivity index (χ3n) is 4.58. The Bertz CT molecular complexity index is 617. The van der Waals surface area contributed by atoms with Crippen LogP contribution in [0.3, 0.4) is 0 Å². The van der Waals surface area contributed by atoms with Gasteiger partial charge in [0.1, 0.15) is 23.0 Å². The van der Waals surface area contributed by atoms with Crippen LogP contribution in [0.25, 0.3) is 0 Å². The first kappa shape index (κ1) is 21.4. The van der Waals surface area contributed by atoms with Gasteiger partial charge < -0.3 is 18.9 Å². The SMILES string of the molecule is CCCCCCP(c1c(OC)cccc1OC)c1c(OC)cccc1OC. The maximum Gasteiger partial charge on any atom is 0.130 e. The number of methoxy groups -OCH3 is 4. The molecule has 0 aliphatic heterocycles. The molecule has 0 saturated carbocycles. The van der Waals surface area contributed by atoms with E-state index in [4.69, 9.17) is 18.9 Å². The summed E-state index contributed by atoms with van der Waals surface area (Å²) in [5, 5.41) is 2.22. The molecule has 0 unspecified atom stereocenters. The van der Waals surface area contributed by atoms with Gasteiger partial charge in [0.05, 0.1) is 39.0 Å². The first-order valence-electron chi connectivity index (χ1n) is 9.41. The Hall–Kier alpha value is -1.93. The van der Waals surface area contributed by atoms with Crippen molar-refractivity contribution in [1.82, 2.24) is 0 Å². The summed E-state index contributed by atoms with van der Waals surface area (Å²) < 4.78 is 22.9. The summed E-state index contributed by atoms with van der Waals surface area (Å²) in [4.78, 5) is 0. The fourth-order valence-electron chi connectivity index (χ4n) is 3.23. The van der Waals surface area contributed by atoms with Crippen molar-refractivity contribution in [2.45, 2.75) is 32.6 Å². The summed E-state index contributed by atoms with van der Waals surface area (Å²) >= 11 is 0. The van der Waals surface area contributed by atoms with E-state index in [-0.39, 0.29) is 0 Å². The summed E-state index contributed by atoms with van der Waals surface area (Å²) in [6.45, 7) is 2.23. The van der Waals surface area contributed by atoms with Crippen LogP contribution in [0, 0.1) is 0 Å². The zero-order chi connectivity index (χ0) is 19.6. The van der Waals surface area contributed by atoms with Crippen molar-refractivity contribution in [2.75, 3.05) is 34.6 Å². The van der Waals surface area contributed by atoms with Crippen molar-refractivity contribution < 1.29 is 18.9 Å². The van der Waals surface area contributed by atoms with E-state index in [1.54, 1.807) is 28.4 Å². The minimum atomic E-state index is -0.774. The van der Waals surface area contributed by atoms with Crippen LogP contribution < -0.4 is 29.6 Å². The number of ether oxygens (including phenoxy) is 4. The van der Waals surface area contributed by atoms with Crippen LogP contribution in [-0.4, -0.2) is 34.6 Å². The predicted molar refractivity (Wildman–Crippen MR) is 114 cm³/mol. The molecule has 2 aromatic carbocycles. The third-order valence-corrected chi connectivity index (χ3v) is 7.30. The summed E-state index contributed by atoms with van der Waals surface area (Å²) in [7, 11) is 6.07. The Kier molecular flexibility index (Phi) is 8.74. The second-order valence-corrected chi connectivity index (χ2v) is 8.43. The van der Waals surface area contributed by atoms with Crippen molar-refractivity contribution in [3.63, 3.8) is 0 Å². The minimum absolute atomic E-state index is 0.774. The van der Waals surface area contributed by atoms with E-state index in [1.807, 2.05) is 36.4 Å². The fraction of sp³-hybridized carbons (Fsp3) is 0.455. The zero-order valence-corrected chi connectivity index (χ0v) is 18.0. The molecule has 0 atom stereocenters. The largest absolute Gasteiger partial charge is 0.496 e. The average molecular weight is 390 g/mol. The molecule has 0 fully saturated rings. The maximum absolute atomic E-state index is 5.72. The quantitative estimate of drug-likeness (QED) is 0.410. The van der Waals surface area contributed by atoms with Gasteiger partial charge in [-0.3, -0.25) is 0 Å². The molecule has 148 valence electrons. The lowest BCUT2D eigenvalue weighted by atomic mass is 10.2. The highest BCUT2D eigenvalue weighted by atomic mass is 31.1. The highest BCUT2D eigenvalue weighted by Crippen LogP contribution is 2.46. The van der Waals surface area contributed by atoms with Crippen molar-refractivity contribution >= 4 is 18.5 Å². The van der Waals surface area contributed by atoms with Gasteiger partial charge in [-0.15, -0.1) is 0 Å². The van der Waals surface area contributed by atoms with Crippen LogP contribution in [0.1, 0.15) is 32.6 Å². The second-order valence-electron chi connectivity index (χ2n) is 6.23. The smallest absolute Gasteiger partial charge is 0.130 e. The Labute approximate surface area is 164 Å². The van der Waals surface area contributed by atoms with Crippen LogP contribution in [0.2, 0.25) is 0 Å². The van der Waals surface area contributed by atoms with Gasteiger partial charge in [-0.05, 0) is 44.8 Å². The van der Waals surface area contributed by atoms with E-state index >= 15 is 0 Å². The molecule has 0 aromatic heterocycles. The van der Waals surface area contributed by atoms with Gasteiger partial charge in [-0.25, -0.2) is 0 Å². The van der Waals surface area contributed by atoms with Crippen LogP contribution in [0.5, 0.6) is 23.0 Å². The summed E-state index contributed by atoms with van der Waals surface area (Å²) in [5.41, 5.74) is 0. The molecule has 0 bridgehead atoms. The van der Waals surface area contributed by atoms with Crippen molar-refractivity contribution in [2.24, 2.45) is 0 Å². The summed E-state index contributed by atoms with van der Waals surface area (Å²) in [6.07, 6.45) is 5.85. The molecule has 2 rings (SSSR count). The highest BCUT2D eigenvalue weighted by molar-refractivity contribution is 7.73.